The van der Waals surface area contributed by atoms with Crippen LogP contribution in [-0.4, -0.2) is 38.0 Å². The molecule has 0 radical (unpaired) electrons. The van der Waals surface area contributed by atoms with Crippen LogP contribution in [0.3, 0.4) is 0 Å². The van der Waals surface area contributed by atoms with Crippen molar-refractivity contribution in [1.82, 2.24) is 0 Å². The molecule has 1 fully saturated rings. The summed E-state index contributed by atoms with van der Waals surface area (Å²) in [5.74, 6) is -0.472. The summed E-state index contributed by atoms with van der Waals surface area (Å²) < 4.78 is 32.0. The second-order valence-electron chi connectivity index (χ2n) is 5.56. The van der Waals surface area contributed by atoms with Gasteiger partial charge >= 0.3 is 5.97 Å². The van der Waals surface area contributed by atoms with Crippen molar-refractivity contribution in [3.63, 3.8) is 0 Å². The van der Waals surface area contributed by atoms with Gasteiger partial charge in [-0.25, -0.2) is 13.2 Å². The fourth-order valence-corrected chi connectivity index (χ4v) is 4.40. The highest BCUT2D eigenvalue weighted by Crippen LogP contribution is 2.27. The molecule has 0 aromatic heterocycles. The number of hydrogen-bond donors (Lipinski definition) is 2. The monoisotopic (exact) mass is 327 g/mol. The Bertz CT molecular complexity index is 656. The first kappa shape index (κ1) is 16.8. The maximum atomic E-state index is 12.4. The van der Waals surface area contributed by atoms with Crippen LogP contribution in [0.25, 0.3) is 0 Å². The van der Waals surface area contributed by atoms with Crippen molar-refractivity contribution < 1.29 is 23.1 Å². The van der Waals surface area contributed by atoms with E-state index >= 15 is 0 Å². The van der Waals surface area contributed by atoms with Gasteiger partial charge in [0.2, 0.25) is 10.0 Å². The third-order valence-corrected chi connectivity index (χ3v) is 5.82. The van der Waals surface area contributed by atoms with Crippen molar-refractivity contribution in [2.75, 3.05) is 11.8 Å². The molecule has 6 nitrogen and oxygen atoms in total. The smallest absolute Gasteiger partial charge is 0.337 e. The van der Waals surface area contributed by atoms with Crippen LogP contribution in [0, 0.1) is 6.92 Å². The van der Waals surface area contributed by atoms with Gasteiger partial charge in [0.1, 0.15) is 5.25 Å². The molecule has 1 saturated carbocycles. The van der Waals surface area contributed by atoms with Gasteiger partial charge in [-0.3, -0.25) is 4.72 Å². The number of benzene rings is 1. The maximum absolute atomic E-state index is 12.4. The number of rotatable bonds is 4. The molecule has 7 heteroatoms. The molecule has 1 aliphatic carbocycles. The van der Waals surface area contributed by atoms with Gasteiger partial charge in [0.25, 0.3) is 0 Å². The van der Waals surface area contributed by atoms with Gasteiger partial charge in [-0.15, -0.1) is 0 Å². The van der Waals surface area contributed by atoms with Crippen LogP contribution in [0.15, 0.2) is 18.2 Å². The number of hydrogen-bond acceptors (Lipinski definition) is 5. The van der Waals surface area contributed by atoms with Gasteiger partial charge in [0.05, 0.1) is 24.5 Å². The second kappa shape index (κ2) is 6.66. The number of methoxy groups -OCH3 is 1. The van der Waals surface area contributed by atoms with Crippen LogP contribution in [0.5, 0.6) is 0 Å². The summed E-state index contributed by atoms with van der Waals surface area (Å²) >= 11 is 0. The first-order valence-corrected chi connectivity index (χ1v) is 8.78. The molecular weight excluding hydrogens is 306 g/mol. The molecule has 0 aliphatic heterocycles. The van der Waals surface area contributed by atoms with Gasteiger partial charge in [0.15, 0.2) is 0 Å². The Kier molecular flexibility index (Phi) is 5.08. The maximum Gasteiger partial charge on any atom is 0.337 e. The number of nitrogens with one attached hydrogen (secondary N) is 1. The number of carbonyl (C=O) groups is 1. The van der Waals surface area contributed by atoms with Gasteiger partial charge in [0, 0.05) is 0 Å². The Labute approximate surface area is 130 Å². The molecule has 1 aromatic carbocycles. The topological polar surface area (TPSA) is 92.7 Å². The Morgan fingerprint density at radius 2 is 2.00 bits per heavy atom. The Morgan fingerprint density at radius 1 is 1.32 bits per heavy atom. The number of sulfonamides is 1. The summed E-state index contributed by atoms with van der Waals surface area (Å²) in [5, 5.41) is 9.13. The highest BCUT2D eigenvalue weighted by Gasteiger charge is 2.34. The lowest BCUT2D eigenvalue weighted by molar-refractivity contribution is 0.0600. The molecule has 22 heavy (non-hydrogen) atoms. The summed E-state index contributed by atoms with van der Waals surface area (Å²) in [7, 11) is -2.37. The fourth-order valence-electron chi connectivity index (χ4n) is 2.69. The molecule has 1 aromatic rings. The highest BCUT2D eigenvalue weighted by atomic mass is 32.2. The third-order valence-electron chi connectivity index (χ3n) is 3.97. The van der Waals surface area contributed by atoms with Crippen molar-refractivity contribution in [3.8, 4) is 0 Å². The minimum atomic E-state index is -3.66. The van der Waals surface area contributed by atoms with E-state index in [4.69, 9.17) is 0 Å². The SMILES string of the molecule is COC(=O)c1ccc(NS(=O)(=O)[C@H]2CCCC[C@@H]2O)c(C)c1. The van der Waals surface area contributed by atoms with Gasteiger partial charge in [-0.1, -0.05) is 12.8 Å². The molecule has 0 bridgehead atoms. The molecule has 0 amide bonds. The van der Waals surface area contributed by atoms with E-state index in [1.807, 2.05) is 0 Å². The molecule has 2 atom stereocenters. The summed E-state index contributed by atoms with van der Waals surface area (Å²) in [6, 6.07) is 4.61. The quantitative estimate of drug-likeness (QED) is 0.823. The second-order valence-corrected chi connectivity index (χ2v) is 7.46. The Hall–Kier alpha value is -1.60. The number of anilines is 1. The van der Waals surface area contributed by atoms with E-state index in [1.165, 1.54) is 19.2 Å². The highest BCUT2D eigenvalue weighted by molar-refractivity contribution is 7.93. The summed E-state index contributed by atoms with van der Waals surface area (Å²) in [6.45, 7) is 1.71. The molecule has 1 aliphatic rings. The lowest BCUT2D eigenvalue weighted by Crippen LogP contribution is -2.40. The number of esters is 1. The van der Waals surface area contributed by atoms with Crippen LogP contribution in [0.2, 0.25) is 0 Å². The number of aryl methyl sites for hydroxylation is 1. The third kappa shape index (κ3) is 3.59. The summed E-state index contributed by atoms with van der Waals surface area (Å²) in [6.07, 6.45) is 1.77. The van der Waals surface area contributed by atoms with Crippen molar-refractivity contribution in [1.29, 1.82) is 0 Å². The van der Waals surface area contributed by atoms with Crippen LogP contribution in [0.1, 0.15) is 41.6 Å². The molecule has 0 spiro atoms. The van der Waals surface area contributed by atoms with E-state index in [0.29, 0.717) is 29.7 Å². The molecule has 0 heterocycles. The van der Waals surface area contributed by atoms with Crippen molar-refractivity contribution >= 4 is 21.7 Å². The molecule has 0 saturated heterocycles. The Balaban J connectivity index is 2.20. The van der Waals surface area contributed by atoms with Crippen LogP contribution < -0.4 is 4.72 Å². The molecule has 2 N–H and O–H groups in total. The average Bonchev–Trinajstić information content (AvgIpc) is 2.48. The van der Waals surface area contributed by atoms with Crippen LogP contribution in [-0.2, 0) is 14.8 Å². The first-order chi connectivity index (χ1) is 10.3. The minimum absolute atomic E-state index is 0.362. The van der Waals surface area contributed by atoms with Crippen molar-refractivity contribution in [3.05, 3.63) is 29.3 Å². The van der Waals surface area contributed by atoms with E-state index in [0.717, 1.165) is 12.8 Å². The van der Waals surface area contributed by atoms with Crippen LogP contribution >= 0.6 is 0 Å². The van der Waals surface area contributed by atoms with Crippen molar-refractivity contribution in [2.24, 2.45) is 0 Å². The molecule has 122 valence electrons. The van der Waals surface area contributed by atoms with E-state index in [2.05, 4.69) is 9.46 Å². The lowest BCUT2D eigenvalue weighted by Gasteiger charge is -2.27. The Morgan fingerprint density at radius 3 is 2.59 bits per heavy atom. The zero-order valence-corrected chi connectivity index (χ0v) is 13.5. The lowest BCUT2D eigenvalue weighted by atomic mass is 9.97. The fraction of sp³-hybridized carbons (Fsp3) is 0.533. The normalized spacial score (nSPS) is 22.1. The summed E-state index contributed by atoms with van der Waals surface area (Å²) in [4.78, 5) is 11.5. The average molecular weight is 327 g/mol. The first-order valence-electron chi connectivity index (χ1n) is 7.24. The van der Waals surface area contributed by atoms with E-state index in [9.17, 15) is 18.3 Å². The van der Waals surface area contributed by atoms with Gasteiger partial charge < -0.3 is 9.84 Å². The molecule has 0 unspecified atom stereocenters. The van der Waals surface area contributed by atoms with E-state index < -0.39 is 27.3 Å². The number of ether oxygens (including phenoxy) is 1. The zero-order chi connectivity index (χ0) is 16.3. The number of aliphatic hydroxyl groups excluding tert-OH is 1. The van der Waals surface area contributed by atoms with E-state index in [1.54, 1.807) is 13.0 Å². The minimum Gasteiger partial charge on any atom is -0.465 e. The molecule has 2 rings (SSSR count). The standard InChI is InChI=1S/C15H21NO5S/c1-10-9-11(15(18)21-2)7-8-12(10)16-22(19,20)14-6-4-3-5-13(14)17/h7-9,13-14,16-17H,3-6H2,1-2H3/t13-,14-/m0/s1. The zero-order valence-electron chi connectivity index (χ0n) is 12.7. The number of aliphatic hydroxyl groups is 1. The predicted octanol–water partition coefficient (Wildman–Crippen LogP) is 1.83. The van der Waals surface area contributed by atoms with Crippen molar-refractivity contribution in [2.45, 2.75) is 44.0 Å². The van der Waals surface area contributed by atoms with Crippen LogP contribution in [0.4, 0.5) is 5.69 Å². The summed E-state index contributed by atoms with van der Waals surface area (Å²) in [5.41, 5.74) is 1.39. The van der Waals surface area contributed by atoms with Gasteiger partial charge in [-0.2, -0.15) is 0 Å². The van der Waals surface area contributed by atoms with E-state index in [-0.39, 0.29) is 0 Å². The van der Waals surface area contributed by atoms with Gasteiger partial charge in [-0.05, 0) is 43.5 Å². The predicted molar refractivity (Wildman–Crippen MR) is 83.3 cm³/mol. The number of carbonyl (C=O) groups excluding carboxylic acids is 1. The largest absolute Gasteiger partial charge is 0.465 e. The molecular formula is C15H21NO5S.